The van der Waals surface area contributed by atoms with Crippen LogP contribution < -0.4 is 15.5 Å². The summed E-state index contributed by atoms with van der Waals surface area (Å²) in [6.45, 7) is 3.69. The second kappa shape index (κ2) is 5.71. The Morgan fingerprint density at radius 3 is 2.44 bits per heavy atom. The normalized spacial score (nSPS) is 11.2. The molecule has 2 N–H and O–H groups in total. The van der Waals surface area contributed by atoms with Gasteiger partial charge in [-0.3, -0.25) is 4.79 Å². The highest BCUT2D eigenvalue weighted by atomic mass is 79.9. The van der Waals surface area contributed by atoms with Crippen LogP contribution in [-0.4, -0.2) is 32.6 Å². The third kappa shape index (κ3) is 3.46. The van der Waals surface area contributed by atoms with E-state index in [4.69, 9.17) is 0 Å². The fourth-order valence-corrected chi connectivity index (χ4v) is 1.75. The van der Waals surface area contributed by atoms with Gasteiger partial charge in [0.05, 0.1) is 16.9 Å². The van der Waals surface area contributed by atoms with Gasteiger partial charge >= 0.3 is 0 Å². The van der Waals surface area contributed by atoms with E-state index in [1.807, 2.05) is 51.0 Å². The van der Waals surface area contributed by atoms with Gasteiger partial charge in [-0.15, -0.1) is 0 Å². The lowest BCUT2D eigenvalue weighted by Crippen LogP contribution is -2.48. The van der Waals surface area contributed by atoms with Crippen LogP contribution in [0.2, 0.25) is 0 Å². The van der Waals surface area contributed by atoms with Gasteiger partial charge in [-0.2, -0.15) is 0 Å². The first-order valence-electron chi connectivity index (χ1n) is 5.75. The average Bonchev–Trinajstić information content (AvgIpc) is 2.28. The number of nitrogens with zero attached hydrogens (tertiary/aromatic N) is 1. The number of carbonyl (C=O) groups excluding carboxylic acids is 1. The van der Waals surface area contributed by atoms with Crippen LogP contribution in [0.1, 0.15) is 13.8 Å². The van der Waals surface area contributed by atoms with E-state index in [1.54, 1.807) is 7.05 Å². The number of anilines is 2. The van der Waals surface area contributed by atoms with Crippen LogP contribution in [0.3, 0.4) is 0 Å². The van der Waals surface area contributed by atoms with Crippen LogP contribution in [0.25, 0.3) is 0 Å². The average molecular weight is 314 g/mol. The molecule has 0 radical (unpaired) electrons. The SMILES string of the molecule is CNC(C)(C)C(=O)Nc1cc(Br)ccc1N(C)C. The summed E-state index contributed by atoms with van der Waals surface area (Å²) in [5, 5.41) is 5.94. The first-order valence-corrected chi connectivity index (χ1v) is 6.54. The maximum atomic E-state index is 12.1. The lowest BCUT2D eigenvalue weighted by Gasteiger charge is -2.25. The van der Waals surface area contributed by atoms with E-state index < -0.39 is 5.54 Å². The molecule has 100 valence electrons. The largest absolute Gasteiger partial charge is 0.376 e. The van der Waals surface area contributed by atoms with Gasteiger partial charge < -0.3 is 15.5 Å². The Hall–Kier alpha value is -1.07. The number of hydrogen-bond acceptors (Lipinski definition) is 3. The zero-order chi connectivity index (χ0) is 13.9. The summed E-state index contributed by atoms with van der Waals surface area (Å²) in [5.41, 5.74) is 1.16. The number of halogens is 1. The van der Waals surface area contributed by atoms with Gasteiger partial charge in [0, 0.05) is 18.6 Å². The van der Waals surface area contributed by atoms with Crippen LogP contribution in [0.15, 0.2) is 22.7 Å². The molecule has 1 amide bonds. The number of rotatable bonds is 4. The Morgan fingerprint density at radius 1 is 1.33 bits per heavy atom. The summed E-state index contributed by atoms with van der Waals surface area (Å²) < 4.78 is 0.936. The number of benzene rings is 1. The van der Waals surface area contributed by atoms with E-state index >= 15 is 0 Å². The van der Waals surface area contributed by atoms with E-state index in [0.717, 1.165) is 15.8 Å². The molecule has 0 aliphatic carbocycles. The maximum Gasteiger partial charge on any atom is 0.244 e. The van der Waals surface area contributed by atoms with Gasteiger partial charge in [-0.1, -0.05) is 15.9 Å². The highest BCUT2D eigenvalue weighted by molar-refractivity contribution is 9.10. The molecule has 4 nitrogen and oxygen atoms in total. The van der Waals surface area contributed by atoms with Crippen molar-refractivity contribution >= 4 is 33.2 Å². The van der Waals surface area contributed by atoms with Crippen molar-refractivity contribution in [1.29, 1.82) is 0 Å². The predicted molar refractivity (Wildman–Crippen MR) is 80.2 cm³/mol. The zero-order valence-electron chi connectivity index (χ0n) is 11.5. The van der Waals surface area contributed by atoms with Gasteiger partial charge in [0.2, 0.25) is 5.91 Å². The van der Waals surface area contributed by atoms with Crippen LogP contribution in [0.4, 0.5) is 11.4 Å². The molecule has 0 aliphatic heterocycles. The van der Waals surface area contributed by atoms with Gasteiger partial charge in [0.1, 0.15) is 0 Å². The molecule has 0 unspecified atom stereocenters. The monoisotopic (exact) mass is 313 g/mol. The molecule has 18 heavy (non-hydrogen) atoms. The second-order valence-electron chi connectivity index (χ2n) is 4.89. The quantitative estimate of drug-likeness (QED) is 0.897. The minimum atomic E-state index is -0.605. The highest BCUT2D eigenvalue weighted by Gasteiger charge is 2.25. The Bertz CT molecular complexity index is 444. The minimum Gasteiger partial charge on any atom is -0.376 e. The fourth-order valence-electron chi connectivity index (χ4n) is 1.39. The second-order valence-corrected chi connectivity index (χ2v) is 5.80. The van der Waals surface area contributed by atoms with Crippen molar-refractivity contribution in [2.24, 2.45) is 0 Å². The molecule has 1 aromatic carbocycles. The smallest absolute Gasteiger partial charge is 0.244 e. The van der Waals surface area contributed by atoms with Crippen LogP contribution in [0.5, 0.6) is 0 Å². The minimum absolute atomic E-state index is 0.0637. The number of amides is 1. The van der Waals surface area contributed by atoms with Crippen molar-refractivity contribution in [3.05, 3.63) is 22.7 Å². The summed E-state index contributed by atoms with van der Waals surface area (Å²) in [6.07, 6.45) is 0. The first-order chi connectivity index (χ1) is 8.27. The third-order valence-corrected chi connectivity index (χ3v) is 3.37. The van der Waals surface area contributed by atoms with Crippen LogP contribution in [0, 0.1) is 0 Å². The van der Waals surface area contributed by atoms with Crippen molar-refractivity contribution in [2.75, 3.05) is 31.4 Å². The molecule has 5 heteroatoms. The molecular formula is C13H20BrN3O. The number of hydrogen-bond donors (Lipinski definition) is 2. The first kappa shape index (κ1) is 15.0. The van der Waals surface area contributed by atoms with Crippen molar-refractivity contribution in [1.82, 2.24) is 5.32 Å². The molecular weight excluding hydrogens is 294 g/mol. The summed E-state index contributed by atoms with van der Waals surface area (Å²) in [5.74, 6) is -0.0637. The Balaban J connectivity index is 3.03. The van der Waals surface area contributed by atoms with Gasteiger partial charge in [-0.05, 0) is 39.1 Å². The molecule has 0 saturated heterocycles. The Kier molecular flexibility index (Phi) is 4.76. The molecule has 0 fully saturated rings. The maximum absolute atomic E-state index is 12.1. The molecule has 0 heterocycles. The molecule has 0 aliphatic rings. The molecule has 1 aromatic rings. The summed E-state index contributed by atoms with van der Waals surface area (Å²) >= 11 is 3.42. The number of nitrogens with one attached hydrogen (secondary N) is 2. The highest BCUT2D eigenvalue weighted by Crippen LogP contribution is 2.28. The Morgan fingerprint density at radius 2 is 1.94 bits per heavy atom. The van der Waals surface area contributed by atoms with E-state index in [9.17, 15) is 4.79 Å². The molecule has 0 bridgehead atoms. The molecule has 1 rings (SSSR count). The van der Waals surface area contributed by atoms with Crippen molar-refractivity contribution < 1.29 is 4.79 Å². The topological polar surface area (TPSA) is 44.4 Å². The number of likely N-dealkylation sites (N-methyl/N-ethyl adjacent to an activating group) is 1. The van der Waals surface area contributed by atoms with Crippen LogP contribution >= 0.6 is 15.9 Å². The fraction of sp³-hybridized carbons (Fsp3) is 0.462. The number of carbonyl (C=O) groups is 1. The van der Waals surface area contributed by atoms with Crippen molar-refractivity contribution in [3.63, 3.8) is 0 Å². The van der Waals surface area contributed by atoms with Gasteiger partial charge in [0.25, 0.3) is 0 Å². The van der Waals surface area contributed by atoms with E-state index in [1.165, 1.54) is 0 Å². The van der Waals surface area contributed by atoms with E-state index in [-0.39, 0.29) is 5.91 Å². The molecule has 0 spiro atoms. The molecule has 0 atom stereocenters. The lowest BCUT2D eigenvalue weighted by molar-refractivity contribution is -0.121. The van der Waals surface area contributed by atoms with E-state index in [2.05, 4.69) is 26.6 Å². The van der Waals surface area contributed by atoms with Crippen molar-refractivity contribution in [3.8, 4) is 0 Å². The van der Waals surface area contributed by atoms with Crippen LogP contribution in [-0.2, 0) is 4.79 Å². The third-order valence-electron chi connectivity index (χ3n) is 2.88. The predicted octanol–water partition coefficient (Wildman–Crippen LogP) is 2.45. The van der Waals surface area contributed by atoms with Gasteiger partial charge in [0.15, 0.2) is 0 Å². The lowest BCUT2D eigenvalue weighted by atomic mass is 10.0. The van der Waals surface area contributed by atoms with Gasteiger partial charge in [-0.25, -0.2) is 0 Å². The summed E-state index contributed by atoms with van der Waals surface area (Å²) in [6, 6.07) is 5.82. The standard InChI is InChI=1S/C13H20BrN3O/c1-13(2,15-3)12(18)16-10-8-9(14)6-7-11(10)17(4)5/h6-8,15H,1-5H3,(H,16,18). The van der Waals surface area contributed by atoms with Crippen molar-refractivity contribution in [2.45, 2.75) is 19.4 Å². The van der Waals surface area contributed by atoms with E-state index in [0.29, 0.717) is 0 Å². The Labute approximate surface area is 117 Å². The molecule has 0 aromatic heterocycles. The summed E-state index contributed by atoms with van der Waals surface area (Å²) in [7, 11) is 5.66. The zero-order valence-corrected chi connectivity index (χ0v) is 13.1. The molecule has 0 saturated carbocycles. The summed E-state index contributed by atoms with van der Waals surface area (Å²) in [4.78, 5) is 14.1.